The van der Waals surface area contributed by atoms with Gasteiger partial charge in [-0.05, 0) is 55.0 Å². The molecule has 0 aliphatic rings. The van der Waals surface area contributed by atoms with Crippen molar-refractivity contribution in [1.29, 1.82) is 0 Å². The Morgan fingerprint density at radius 3 is 2.73 bits per heavy atom. The van der Waals surface area contributed by atoms with Gasteiger partial charge in [-0.3, -0.25) is 4.79 Å². The van der Waals surface area contributed by atoms with E-state index in [9.17, 15) is 4.79 Å². The van der Waals surface area contributed by atoms with Gasteiger partial charge in [-0.25, -0.2) is 4.98 Å². The molecule has 0 fully saturated rings. The lowest BCUT2D eigenvalue weighted by atomic mass is 10.2. The smallest absolute Gasteiger partial charge is 0.282 e. The van der Waals surface area contributed by atoms with Gasteiger partial charge >= 0.3 is 0 Å². The number of nitrogens with zero attached hydrogens (tertiary/aromatic N) is 3. The van der Waals surface area contributed by atoms with E-state index in [1.165, 1.54) is 10.9 Å². The number of fused-ring (bicyclic) bond motifs is 1. The molecule has 0 spiro atoms. The first-order chi connectivity index (χ1) is 14.5. The van der Waals surface area contributed by atoms with Crippen LogP contribution in [0, 0.1) is 0 Å². The molecule has 0 N–H and O–H groups in total. The van der Waals surface area contributed by atoms with Gasteiger partial charge in [0, 0.05) is 16.5 Å². The number of hydrogen-bond donors (Lipinski definition) is 0. The Hall–Kier alpha value is -2.41. The average Bonchev–Trinajstić information content (AvgIpc) is 3.20. The van der Waals surface area contributed by atoms with Crippen LogP contribution >= 0.6 is 39.1 Å². The minimum absolute atomic E-state index is 0.225. The predicted octanol–water partition coefficient (Wildman–Crippen LogP) is 6.56. The SMILES string of the molecule is CCCc1nc2ccc(Br)cc2c(=O)n1N=Cc1ccc(-c2ccc(Cl)c(Cl)c2)o1. The Morgan fingerprint density at radius 2 is 1.97 bits per heavy atom. The second kappa shape index (κ2) is 8.76. The van der Waals surface area contributed by atoms with E-state index >= 15 is 0 Å². The molecule has 4 rings (SSSR count). The van der Waals surface area contributed by atoms with Crippen LogP contribution < -0.4 is 5.56 Å². The van der Waals surface area contributed by atoms with Gasteiger partial charge in [-0.1, -0.05) is 46.1 Å². The fraction of sp³-hybridized carbons (Fsp3) is 0.136. The van der Waals surface area contributed by atoms with Gasteiger partial charge in [0.15, 0.2) is 0 Å². The van der Waals surface area contributed by atoms with E-state index in [4.69, 9.17) is 27.6 Å². The van der Waals surface area contributed by atoms with Gasteiger partial charge in [0.2, 0.25) is 0 Å². The third kappa shape index (κ3) is 4.21. The monoisotopic (exact) mass is 503 g/mol. The van der Waals surface area contributed by atoms with Crippen LogP contribution in [0.25, 0.3) is 22.2 Å². The maximum absolute atomic E-state index is 13.0. The summed E-state index contributed by atoms with van der Waals surface area (Å²) in [6.07, 6.45) is 2.98. The van der Waals surface area contributed by atoms with Crippen LogP contribution in [0.15, 0.2) is 67.3 Å². The highest BCUT2D eigenvalue weighted by molar-refractivity contribution is 9.10. The van der Waals surface area contributed by atoms with Crippen molar-refractivity contribution in [1.82, 2.24) is 9.66 Å². The van der Waals surface area contributed by atoms with Crippen molar-refractivity contribution in [3.05, 3.63) is 85.0 Å². The molecule has 2 aromatic carbocycles. The quantitative estimate of drug-likeness (QED) is 0.289. The standard InChI is InChI=1S/C22H16BrCl2N3O2/c1-2-3-21-27-19-8-5-14(23)11-16(19)22(29)28(21)26-12-15-6-9-20(30-15)13-4-7-17(24)18(25)10-13/h4-12H,2-3H2,1H3. The van der Waals surface area contributed by atoms with Gasteiger partial charge in [0.1, 0.15) is 17.3 Å². The third-order valence-corrected chi connectivity index (χ3v) is 5.71. The summed E-state index contributed by atoms with van der Waals surface area (Å²) in [7, 11) is 0. The number of halogens is 3. The van der Waals surface area contributed by atoms with E-state index in [0.717, 1.165) is 16.5 Å². The molecule has 0 saturated carbocycles. The van der Waals surface area contributed by atoms with Crippen molar-refractivity contribution >= 4 is 56.2 Å². The summed E-state index contributed by atoms with van der Waals surface area (Å²) in [5.74, 6) is 1.72. The van der Waals surface area contributed by atoms with Gasteiger partial charge < -0.3 is 4.42 Å². The topological polar surface area (TPSA) is 60.4 Å². The maximum atomic E-state index is 13.0. The predicted molar refractivity (Wildman–Crippen MR) is 125 cm³/mol. The molecule has 4 aromatic rings. The van der Waals surface area contributed by atoms with Gasteiger partial charge in [0.25, 0.3) is 5.56 Å². The van der Waals surface area contributed by atoms with Crippen molar-refractivity contribution in [2.75, 3.05) is 0 Å². The van der Waals surface area contributed by atoms with E-state index in [1.54, 1.807) is 24.3 Å². The number of aromatic nitrogens is 2. The molecular weight excluding hydrogens is 489 g/mol. The number of aryl methyl sites for hydroxylation is 1. The number of benzene rings is 2. The first-order valence-electron chi connectivity index (χ1n) is 9.27. The van der Waals surface area contributed by atoms with E-state index in [1.807, 2.05) is 31.2 Å². The summed E-state index contributed by atoms with van der Waals surface area (Å²) in [6, 6.07) is 14.3. The molecule has 0 atom stereocenters. The molecule has 0 saturated heterocycles. The van der Waals surface area contributed by atoms with Crippen LogP contribution in [0.3, 0.4) is 0 Å². The average molecular weight is 505 g/mol. The Morgan fingerprint density at radius 1 is 1.13 bits per heavy atom. The normalized spacial score (nSPS) is 11.6. The molecule has 2 heterocycles. The first-order valence-corrected chi connectivity index (χ1v) is 10.8. The number of hydrogen-bond acceptors (Lipinski definition) is 4. The highest BCUT2D eigenvalue weighted by atomic mass is 79.9. The summed E-state index contributed by atoms with van der Waals surface area (Å²) in [5.41, 5.74) is 1.22. The molecule has 5 nitrogen and oxygen atoms in total. The largest absolute Gasteiger partial charge is 0.455 e. The molecule has 0 aliphatic heterocycles. The minimum Gasteiger partial charge on any atom is -0.455 e. The molecule has 152 valence electrons. The molecule has 0 bridgehead atoms. The zero-order valence-electron chi connectivity index (χ0n) is 15.9. The van der Waals surface area contributed by atoms with Crippen LogP contribution in [-0.4, -0.2) is 15.9 Å². The number of rotatable bonds is 5. The van der Waals surface area contributed by atoms with Gasteiger partial charge in [0.05, 0.1) is 27.2 Å². The van der Waals surface area contributed by atoms with Crippen molar-refractivity contribution in [3.63, 3.8) is 0 Å². The summed E-state index contributed by atoms with van der Waals surface area (Å²) >= 11 is 15.5. The van der Waals surface area contributed by atoms with Gasteiger partial charge in [-0.15, -0.1) is 0 Å². The number of furan rings is 1. The fourth-order valence-electron chi connectivity index (χ4n) is 3.04. The zero-order chi connectivity index (χ0) is 21.3. The summed E-state index contributed by atoms with van der Waals surface area (Å²) in [4.78, 5) is 17.6. The summed E-state index contributed by atoms with van der Waals surface area (Å²) in [5, 5.41) is 5.80. The summed E-state index contributed by atoms with van der Waals surface area (Å²) < 4.78 is 7.98. The first kappa shape index (κ1) is 20.8. The second-order valence-corrected chi connectivity index (χ2v) is 8.36. The second-order valence-electron chi connectivity index (χ2n) is 6.63. The van der Waals surface area contributed by atoms with Crippen molar-refractivity contribution < 1.29 is 4.42 Å². The van der Waals surface area contributed by atoms with Crippen molar-refractivity contribution in [3.8, 4) is 11.3 Å². The lowest BCUT2D eigenvalue weighted by Crippen LogP contribution is -2.22. The van der Waals surface area contributed by atoms with Crippen LogP contribution in [0.5, 0.6) is 0 Å². The zero-order valence-corrected chi connectivity index (χ0v) is 19.0. The van der Waals surface area contributed by atoms with Crippen LogP contribution in [0.2, 0.25) is 10.0 Å². The highest BCUT2D eigenvalue weighted by Crippen LogP contribution is 2.29. The minimum atomic E-state index is -0.225. The molecular formula is C22H16BrCl2N3O2. The van der Waals surface area contributed by atoms with Crippen molar-refractivity contribution in [2.45, 2.75) is 19.8 Å². The Kier molecular flexibility index (Phi) is 6.09. The van der Waals surface area contributed by atoms with Crippen LogP contribution in [0.4, 0.5) is 0 Å². The fourth-order valence-corrected chi connectivity index (χ4v) is 3.70. The lowest BCUT2D eigenvalue weighted by Gasteiger charge is -2.08. The lowest BCUT2D eigenvalue weighted by molar-refractivity contribution is 0.573. The molecule has 30 heavy (non-hydrogen) atoms. The maximum Gasteiger partial charge on any atom is 0.282 e. The van der Waals surface area contributed by atoms with Crippen molar-refractivity contribution in [2.24, 2.45) is 5.10 Å². The molecule has 0 amide bonds. The molecule has 0 aliphatic carbocycles. The van der Waals surface area contributed by atoms with E-state index in [-0.39, 0.29) is 5.56 Å². The van der Waals surface area contributed by atoms with E-state index < -0.39 is 0 Å². The Bertz CT molecular complexity index is 1330. The Labute approximate surface area is 191 Å². The third-order valence-electron chi connectivity index (χ3n) is 4.48. The molecule has 2 aromatic heterocycles. The van der Waals surface area contributed by atoms with Gasteiger partial charge in [-0.2, -0.15) is 9.78 Å². The van der Waals surface area contributed by atoms with Crippen LogP contribution in [0.1, 0.15) is 24.9 Å². The summed E-state index contributed by atoms with van der Waals surface area (Å²) in [6.45, 7) is 2.03. The highest BCUT2D eigenvalue weighted by Gasteiger charge is 2.11. The van der Waals surface area contributed by atoms with E-state index in [2.05, 4.69) is 26.0 Å². The van der Waals surface area contributed by atoms with Crippen LogP contribution in [-0.2, 0) is 6.42 Å². The Balaban J connectivity index is 1.72. The molecule has 8 heteroatoms. The molecule has 0 unspecified atom stereocenters. The van der Waals surface area contributed by atoms with E-state index in [0.29, 0.717) is 44.7 Å². The molecule has 0 radical (unpaired) electrons.